The topological polar surface area (TPSA) is 51.0 Å². The fourth-order valence-electron chi connectivity index (χ4n) is 1.50. The van der Waals surface area contributed by atoms with Gasteiger partial charge in [0.25, 0.3) is 0 Å². The van der Waals surface area contributed by atoms with Gasteiger partial charge in [0.15, 0.2) is 0 Å². The number of nitrogens with one attached hydrogen (secondary N) is 1. The molecule has 0 radical (unpaired) electrons. The standard InChI is InChI=1S/C11H9F4N3O/c1-2-16-10-17-9(18-19-10)7-5-6(12)3-4-8(7)11(13,14)15/h3-5H,2H2,1H3,(H,16,17,18). The fraction of sp³-hybridized carbons (Fsp3) is 0.273. The molecule has 0 unspecified atom stereocenters. The predicted molar refractivity (Wildman–Crippen MR) is 58.9 cm³/mol. The normalized spacial score (nSPS) is 11.6. The number of anilines is 1. The lowest BCUT2D eigenvalue weighted by Crippen LogP contribution is -2.08. The van der Waals surface area contributed by atoms with E-state index in [0.717, 1.165) is 12.1 Å². The van der Waals surface area contributed by atoms with Gasteiger partial charge in [0.2, 0.25) is 5.82 Å². The Balaban J connectivity index is 2.50. The lowest BCUT2D eigenvalue weighted by Gasteiger charge is -2.10. The number of benzene rings is 1. The number of alkyl halides is 3. The largest absolute Gasteiger partial charge is 0.417 e. The van der Waals surface area contributed by atoms with Gasteiger partial charge in [-0.25, -0.2) is 4.39 Å². The summed E-state index contributed by atoms with van der Waals surface area (Å²) in [7, 11) is 0. The van der Waals surface area contributed by atoms with E-state index in [2.05, 4.69) is 15.5 Å². The molecule has 2 rings (SSSR count). The van der Waals surface area contributed by atoms with Crippen LogP contribution in [0.15, 0.2) is 22.7 Å². The van der Waals surface area contributed by atoms with Crippen LogP contribution in [-0.2, 0) is 6.18 Å². The van der Waals surface area contributed by atoms with Crippen LogP contribution in [0.5, 0.6) is 0 Å². The van der Waals surface area contributed by atoms with E-state index in [4.69, 9.17) is 4.52 Å². The molecule has 19 heavy (non-hydrogen) atoms. The molecule has 1 aromatic heterocycles. The van der Waals surface area contributed by atoms with Crippen molar-refractivity contribution in [2.24, 2.45) is 0 Å². The van der Waals surface area contributed by atoms with E-state index >= 15 is 0 Å². The van der Waals surface area contributed by atoms with Crippen molar-refractivity contribution >= 4 is 6.01 Å². The van der Waals surface area contributed by atoms with Crippen molar-refractivity contribution in [1.29, 1.82) is 0 Å². The first kappa shape index (κ1) is 13.3. The van der Waals surface area contributed by atoms with Crippen LogP contribution in [0.2, 0.25) is 0 Å². The van der Waals surface area contributed by atoms with Crippen molar-refractivity contribution in [2.45, 2.75) is 13.1 Å². The van der Waals surface area contributed by atoms with Crippen molar-refractivity contribution in [1.82, 2.24) is 10.1 Å². The van der Waals surface area contributed by atoms with Crippen molar-refractivity contribution in [3.05, 3.63) is 29.6 Å². The minimum Gasteiger partial charge on any atom is -0.338 e. The van der Waals surface area contributed by atoms with Gasteiger partial charge in [-0.2, -0.15) is 18.2 Å². The Kier molecular flexibility index (Phi) is 3.41. The van der Waals surface area contributed by atoms with Gasteiger partial charge in [-0.3, -0.25) is 0 Å². The highest BCUT2D eigenvalue weighted by molar-refractivity contribution is 5.61. The Labute approximate surface area is 105 Å². The molecule has 0 aliphatic rings. The van der Waals surface area contributed by atoms with Crippen LogP contribution < -0.4 is 5.32 Å². The van der Waals surface area contributed by atoms with Crippen molar-refractivity contribution in [3.8, 4) is 11.4 Å². The third-order valence-corrected chi connectivity index (χ3v) is 2.28. The zero-order valence-electron chi connectivity index (χ0n) is 9.75. The second kappa shape index (κ2) is 4.87. The maximum atomic E-state index is 13.1. The van der Waals surface area contributed by atoms with Crippen LogP contribution in [-0.4, -0.2) is 16.7 Å². The molecule has 2 aromatic rings. The van der Waals surface area contributed by atoms with Crippen molar-refractivity contribution in [3.63, 3.8) is 0 Å². The van der Waals surface area contributed by atoms with Crippen LogP contribution in [0.25, 0.3) is 11.4 Å². The lowest BCUT2D eigenvalue weighted by atomic mass is 10.1. The van der Waals surface area contributed by atoms with E-state index in [1.807, 2.05) is 0 Å². The van der Waals surface area contributed by atoms with Crippen LogP contribution >= 0.6 is 0 Å². The molecule has 1 aromatic carbocycles. The monoisotopic (exact) mass is 275 g/mol. The summed E-state index contributed by atoms with van der Waals surface area (Å²) in [4.78, 5) is 3.73. The third kappa shape index (κ3) is 2.83. The summed E-state index contributed by atoms with van der Waals surface area (Å²) in [5.74, 6) is -1.12. The second-order valence-electron chi connectivity index (χ2n) is 3.64. The molecular formula is C11H9F4N3O. The summed E-state index contributed by atoms with van der Waals surface area (Å²) in [6.07, 6.45) is -4.62. The second-order valence-corrected chi connectivity index (χ2v) is 3.64. The SMILES string of the molecule is CCNc1nc(-c2cc(F)ccc2C(F)(F)F)no1. The quantitative estimate of drug-likeness (QED) is 0.873. The highest BCUT2D eigenvalue weighted by Crippen LogP contribution is 2.36. The molecule has 102 valence electrons. The first-order valence-corrected chi connectivity index (χ1v) is 5.36. The first-order chi connectivity index (χ1) is 8.91. The van der Waals surface area contributed by atoms with Crippen LogP contribution in [0.1, 0.15) is 12.5 Å². The number of hydrogen-bond acceptors (Lipinski definition) is 4. The van der Waals surface area contributed by atoms with E-state index in [1.165, 1.54) is 0 Å². The molecule has 8 heteroatoms. The Morgan fingerprint density at radius 1 is 1.32 bits per heavy atom. The molecule has 0 saturated carbocycles. The molecule has 4 nitrogen and oxygen atoms in total. The molecule has 0 spiro atoms. The summed E-state index contributed by atoms with van der Waals surface area (Å²) < 4.78 is 56.2. The van der Waals surface area contributed by atoms with E-state index < -0.39 is 23.1 Å². The highest BCUT2D eigenvalue weighted by atomic mass is 19.4. The average molecular weight is 275 g/mol. The number of hydrogen-bond donors (Lipinski definition) is 1. The van der Waals surface area contributed by atoms with Gasteiger partial charge >= 0.3 is 12.2 Å². The molecule has 0 aliphatic carbocycles. The lowest BCUT2D eigenvalue weighted by molar-refractivity contribution is -0.137. The van der Waals surface area contributed by atoms with Gasteiger partial charge in [0, 0.05) is 12.1 Å². The predicted octanol–water partition coefficient (Wildman–Crippen LogP) is 3.33. The van der Waals surface area contributed by atoms with Crippen LogP contribution in [0, 0.1) is 5.82 Å². The fourth-order valence-corrected chi connectivity index (χ4v) is 1.50. The van der Waals surface area contributed by atoms with E-state index in [1.54, 1.807) is 6.92 Å². The summed E-state index contributed by atoms with van der Waals surface area (Å²) in [6.45, 7) is 2.23. The molecule has 0 atom stereocenters. The minimum absolute atomic E-state index is 0.0186. The number of rotatable bonds is 3. The molecule has 0 aliphatic heterocycles. The van der Waals surface area contributed by atoms with Crippen LogP contribution in [0.4, 0.5) is 23.6 Å². The zero-order valence-corrected chi connectivity index (χ0v) is 9.75. The maximum absolute atomic E-state index is 13.1. The Hall–Kier alpha value is -2.12. The van der Waals surface area contributed by atoms with Gasteiger partial charge < -0.3 is 9.84 Å². The Morgan fingerprint density at radius 2 is 2.05 bits per heavy atom. The number of halogens is 4. The summed E-state index contributed by atoms with van der Waals surface area (Å²) in [5.41, 5.74) is -1.47. The minimum atomic E-state index is -4.62. The van der Waals surface area contributed by atoms with Gasteiger partial charge in [0.05, 0.1) is 5.56 Å². The smallest absolute Gasteiger partial charge is 0.338 e. The molecule has 0 bridgehead atoms. The van der Waals surface area contributed by atoms with E-state index in [-0.39, 0.29) is 11.8 Å². The Morgan fingerprint density at radius 3 is 2.68 bits per heavy atom. The first-order valence-electron chi connectivity index (χ1n) is 5.36. The van der Waals surface area contributed by atoms with Crippen molar-refractivity contribution in [2.75, 3.05) is 11.9 Å². The van der Waals surface area contributed by atoms with E-state index in [9.17, 15) is 17.6 Å². The highest BCUT2D eigenvalue weighted by Gasteiger charge is 2.35. The van der Waals surface area contributed by atoms with Gasteiger partial charge in [-0.1, -0.05) is 5.16 Å². The van der Waals surface area contributed by atoms with Crippen molar-refractivity contribution < 1.29 is 22.1 Å². The molecular weight excluding hydrogens is 266 g/mol. The van der Waals surface area contributed by atoms with Gasteiger partial charge in [0.1, 0.15) is 5.82 Å². The van der Waals surface area contributed by atoms with E-state index in [0.29, 0.717) is 12.6 Å². The van der Waals surface area contributed by atoms with Gasteiger partial charge in [-0.15, -0.1) is 0 Å². The zero-order chi connectivity index (χ0) is 14.0. The Bertz CT molecular complexity index is 580. The molecule has 0 fully saturated rings. The molecule has 1 N–H and O–H groups in total. The van der Waals surface area contributed by atoms with Gasteiger partial charge in [-0.05, 0) is 25.1 Å². The molecule has 0 saturated heterocycles. The maximum Gasteiger partial charge on any atom is 0.417 e. The summed E-state index contributed by atoms with van der Waals surface area (Å²) >= 11 is 0. The summed E-state index contributed by atoms with van der Waals surface area (Å²) in [5, 5.41) is 6.06. The number of nitrogens with zero attached hydrogens (tertiary/aromatic N) is 2. The average Bonchev–Trinajstić information content (AvgIpc) is 2.76. The summed E-state index contributed by atoms with van der Waals surface area (Å²) in [6, 6.07) is 2.09. The molecule has 1 heterocycles. The third-order valence-electron chi connectivity index (χ3n) is 2.28. The molecule has 0 amide bonds. The number of aromatic nitrogens is 2. The van der Waals surface area contributed by atoms with Crippen LogP contribution in [0.3, 0.4) is 0 Å².